The lowest BCUT2D eigenvalue weighted by molar-refractivity contribution is -0.121. The molecule has 0 atom stereocenters. The summed E-state index contributed by atoms with van der Waals surface area (Å²) in [5, 5.41) is 9.24. The smallest absolute Gasteiger partial charge is 0.219 e. The lowest BCUT2D eigenvalue weighted by Gasteiger charge is -2.04. The summed E-state index contributed by atoms with van der Waals surface area (Å²) < 4.78 is 5.67. The predicted molar refractivity (Wildman–Crippen MR) is 116 cm³/mol. The number of nitrogens with zero attached hydrogens (tertiary/aromatic N) is 1. The van der Waals surface area contributed by atoms with Gasteiger partial charge in [0.05, 0.1) is 6.42 Å². The van der Waals surface area contributed by atoms with Crippen molar-refractivity contribution in [3.63, 3.8) is 0 Å². The minimum absolute atomic E-state index is 0.156. The van der Waals surface area contributed by atoms with Crippen molar-refractivity contribution < 1.29 is 19.4 Å². The molecule has 0 amide bonds. The molecule has 5 nitrogen and oxygen atoms in total. The van der Waals surface area contributed by atoms with Crippen molar-refractivity contribution in [3.8, 4) is 17.4 Å². The molecule has 0 aliphatic heterocycles. The summed E-state index contributed by atoms with van der Waals surface area (Å²) in [6, 6.07) is 17.6. The highest BCUT2D eigenvalue weighted by molar-refractivity contribution is 6.10. The average Bonchev–Trinajstić information content (AvgIpc) is 2.74. The Morgan fingerprint density at radius 2 is 1.47 bits per heavy atom. The highest BCUT2D eigenvalue weighted by atomic mass is 16.5. The number of phenolic OH excluding ortho intramolecular Hbond substituents is 1. The third kappa shape index (κ3) is 6.56. The fraction of sp³-hybridized carbons (Fsp3) is 0.0800. The van der Waals surface area contributed by atoms with Crippen LogP contribution >= 0.6 is 0 Å². The number of allylic oxidation sites excluding steroid dienone is 2. The van der Waals surface area contributed by atoms with Gasteiger partial charge in [0, 0.05) is 12.3 Å². The first kappa shape index (κ1) is 20.7. The number of carbonyl (C=O) groups excluding carboxylic acids is 2. The molecule has 2 aromatic carbocycles. The number of phenols is 1. The Bertz CT molecular complexity index is 1060. The van der Waals surface area contributed by atoms with Gasteiger partial charge in [-0.05, 0) is 66.6 Å². The zero-order valence-electron chi connectivity index (χ0n) is 16.5. The van der Waals surface area contributed by atoms with Gasteiger partial charge in [-0.2, -0.15) is 0 Å². The monoisotopic (exact) mass is 399 g/mol. The number of ketones is 2. The van der Waals surface area contributed by atoms with Gasteiger partial charge in [0.15, 0.2) is 11.6 Å². The molecule has 0 saturated heterocycles. The Hall–Kier alpha value is -3.99. The SMILES string of the molecule is Cc1ccc(Oc2ccc(C=CC(=O)CC(=O)C=Cc3ccc(O)cc3)cn2)cc1. The zero-order chi connectivity index (χ0) is 21.3. The van der Waals surface area contributed by atoms with Crippen LogP contribution in [0.2, 0.25) is 0 Å². The average molecular weight is 399 g/mol. The van der Waals surface area contributed by atoms with E-state index in [2.05, 4.69) is 4.98 Å². The number of aryl methyl sites for hydroxylation is 1. The number of aromatic hydroxyl groups is 1. The molecule has 3 aromatic rings. The summed E-state index contributed by atoms with van der Waals surface area (Å²) in [6.07, 6.45) is 7.32. The second kappa shape index (κ2) is 9.98. The molecule has 0 spiro atoms. The minimum Gasteiger partial charge on any atom is -0.508 e. The summed E-state index contributed by atoms with van der Waals surface area (Å²) >= 11 is 0. The summed E-state index contributed by atoms with van der Waals surface area (Å²) in [6.45, 7) is 2.00. The number of aromatic nitrogens is 1. The van der Waals surface area contributed by atoms with Gasteiger partial charge in [-0.3, -0.25) is 9.59 Å². The molecule has 0 saturated carbocycles. The third-order valence-corrected chi connectivity index (χ3v) is 4.17. The lowest BCUT2D eigenvalue weighted by Crippen LogP contribution is -2.01. The molecular formula is C25H21NO4. The molecule has 1 heterocycles. The van der Waals surface area contributed by atoms with Gasteiger partial charge in [0.25, 0.3) is 0 Å². The Morgan fingerprint density at radius 1 is 0.867 bits per heavy atom. The fourth-order valence-corrected chi connectivity index (χ4v) is 2.53. The van der Waals surface area contributed by atoms with Crippen LogP contribution in [0.1, 0.15) is 23.1 Å². The van der Waals surface area contributed by atoms with Crippen molar-refractivity contribution >= 4 is 23.7 Å². The molecule has 30 heavy (non-hydrogen) atoms. The van der Waals surface area contributed by atoms with E-state index in [1.54, 1.807) is 42.6 Å². The highest BCUT2D eigenvalue weighted by Crippen LogP contribution is 2.20. The van der Waals surface area contributed by atoms with Gasteiger partial charge in [-0.1, -0.05) is 35.9 Å². The highest BCUT2D eigenvalue weighted by Gasteiger charge is 2.04. The Labute approximate surface area is 175 Å². The summed E-state index contributed by atoms with van der Waals surface area (Å²) in [5.41, 5.74) is 2.64. The number of hydrogen-bond donors (Lipinski definition) is 1. The molecule has 150 valence electrons. The van der Waals surface area contributed by atoms with E-state index in [1.807, 2.05) is 31.2 Å². The molecule has 1 aromatic heterocycles. The first-order valence-corrected chi connectivity index (χ1v) is 9.39. The molecule has 0 aliphatic rings. The number of ether oxygens (including phenoxy) is 1. The van der Waals surface area contributed by atoms with E-state index < -0.39 is 0 Å². The van der Waals surface area contributed by atoms with E-state index in [-0.39, 0.29) is 23.7 Å². The second-order valence-electron chi connectivity index (χ2n) is 6.71. The summed E-state index contributed by atoms with van der Waals surface area (Å²) in [7, 11) is 0. The topological polar surface area (TPSA) is 76.5 Å². The maximum Gasteiger partial charge on any atom is 0.219 e. The molecule has 0 aliphatic carbocycles. The van der Waals surface area contributed by atoms with Crippen LogP contribution in [0.25, 0.3) is 12.2 Å². The number of carbonyl (C=O) groups is 2. The van der Waals surface area contributed by atoms with Crippen molar-refractivity contribution in [3.05, 3.63) is 95.7 Å². The van der Waals surface area contributed by atoms with E-state index in [0.717, 1.165) is 16.7 Å². The van der Waals surface area contributed by atoms with Gasteiger partial charge >= 0.3 is 0 Å². The van der Waals surface area contributed by atoms with Crippen molar-refractivity contribution in [2.45, 2.75) is 13.3 Å². The summed E-state index contributed by atoms with van der Waals surface area (Å²) in [4.78, 5) is 28.1. The first-order valence-electron chi connectivity index (χ1n) is 9.39. The Kier molecular flexibility index (Phi) is 6.90. The molecule has 1 N–H and O–H groups in total. The van der Waals surface area contributed by atoms with Gasteiger partial charge in [0.2, 0.25) is 5.88 Å². The van der Waals surface area contributed by atoms with Crippen molar-refractivity contribution in [2.75, 3.05) is 0 Å². The quantitative estimate of drug-likeness (QED) is 0.419. The van der Waals surface area contributed by atoms with E-state index in [9.17, 15) is 14.7 Å². The van der Waals surface area contributed by atoms with Crippen molar-refractivity contribution in [2.24, 2.45) is 0 Å². The molecular weight excluding hydrogens is 378 g/mol. The maximum absolute atomic E-state index is 12.0. The van der Waals surface area contributed by atoms with Crippen molar-refractivity contribution in [1.82, 2.24) is 4.98 Å². The number of rotatable bonds is 8. The van der Waals surface area contributed by atoms with E-state index in [1.165, 1.54) is 24.3 Å². The molecule has 3 rings (SSSR count). The van der Waals surface area contributed by atoms with Crippen LogP contribution in [0, 0.1) is 6.92 Å². The molecule has 0 unspecified atom stereocenters. The predicted octanol–water partition coefficient (Wildman–Crippen LogP) is 5.14. The van der Waals surface area contributed by atoms with E-state index in [4.69, 9.17) is 4.74 Å². The Balaban J connectivity index is 1.50. The second-order valence-corrected chi connectivity index (χ2v) is 6.71. The van der Waals surface area contributed by atoms with Crippen LogP contribution in [-0.4, -0.2) is 21.7 Å². The number of benzene rings is 2. The normalized spacial score (nSPS) is 11.1. The van der Waals surface area contributed by atoms with Gasteiger partial charge < -0.3 is 9.84 Å². The standard InChI is InChI=1S/C25H21NO4/c1-18-2-13-24(14-3-18)30-25-15-8-20(17-26-25)7-12-23(29)16-22(28)11-6-19-4-9-21(27)10-5-19/h2-15,17,27H,16H2,1H3. The lowest BCUT2D eigenvalue weighted by atomic mass is 10.1. The summed E-state index contributed by atoms with van der Waals surface area (Å²) in [5.74, 6) is 0.721. The van der Waals surface area contributed by atoms with Crippen LogP contribution in [-0.2, 0) is 9.59 Å². The van der Waals surface area contributed by atoms with Crippen LogP contribution in [0.3, 0.4) is 0 Å². The van der Waals surface area contributed by atoms with Crippen LogP contribution in [0.5, 0.6) is 17.4 Å². The minimum atomic E-state index is -0.296. The number of pyridine rings is 1. The van der Waals surface area contributed by atoms with Gasteiger partial charge in [-0.15, -0.1) is 0 Å². The first-order chi connectivity index (χ1) is 14.5. The van der Waals surface area contributed by atoms with Gasteiger partial charge in [0.1, 0.15) is 11.5 Å². The molecule has 0 radical (unpaired) electrons. The third-order valence-electron chi connectivity index (χ3n) is 4.17. The van der Waals surface area contributed by atoms with E-state index >= 15 is 0 Å². The maximum atomic E-state index is 12.0. The van der Waals surface area contributed by atoms with Crippen LogP contribution in [0.4, 0.5) is 0 Å². The molecule has 0 bridgehead atoms. The van der Waals surface area contributed by atoms with Crippen LogP contribution < -0.4 is 4.74 Å². The number of hydrogen-bond acceptors (Lipinski definition) is 5. The fourth-order valence-electron chi connectivity index (χ4n) is 2.53. The molecule has 5 heteroatoms. The zero-order valence-corrected chi connectivity index (χ0v) is 16.5. The van der Waals surface area contributed by atoms with Crippen molar-refractivity contribution in [1.29, 1.82) is 0 Å². The van der Waals surface area contributed by atoms with Crippen LogP contribution in [0.15, 0.2) is 79.0 Å². The largest absolute Gasteiger partial charge is 0.508 e. The van der Waals surface area contributed by atoms with Gasteiger partial charge in [-0.25, -0.2) is 4.98 Å². The Morgan fingerprint density at radius 3 is 2.07 bits per heavy atom. The molecule has 0 fully saturated rings. The van der Waals surface area contributed by atoms with E-state index in [0.29, 0.717) is 11.6 Å².